The summed E-state index contributed by atoms with van der Waals surface area (Å²) in [5.41, 5.74) is 0. The summed E-state index contributed by atoms with van der Waals surface area (Å²) in [5.74, 6) is -3.12. The van der Waals surface area contributed by atoms with Gasteiger partial charge in [0.05, 0.1) is 13.0 Å². The van der Waals surface area contributed by atoms with Crippen molar-refractivity contribution < 1.29 is 37.2 Å². The van der Waals surface area contributed by atoms with E-state index in [1.165, 1.54) is 0 Å². The number of rotatable bonds is 16. The Bertz CT molecular complexity index is 598. The molecule has 9 nitrogen and oxygen atoms in total. The van der Waals surface area contributed by atoms with Gasteiger partial charge >= 0.3 is 11.9 Å². The normalized spacial score (nSPS) is 11.3. The van der Waals surface area contributed by atoms with Crippen LogP contribution in [-0.2, 0) is 29.2 Å². The molecule has 0 aliphatic carbocycles. The van der Waals surface area contributed by atoms with Gasteiger partial charge in [0, 0.05) is 65.5 Å². The van der Waals surface area contributed by atoms with Gasteiger partial charge in [-0.1, -0.05) is 31.8 Å². The Balaban J connectivity index is -0.00000338. The average Bonchev–Trinajstić information content (AvgIpc) is 2.57. The van der Waals surface area contributed by atoms with Crippen LogP contribution in [-0.4, -0.2) is 113 Å². The number of allylic oxidation sites excluding steroid dienone is 1. The molecule has 29 heavy (non-hydrogen) atoms. The predicted octanol–water partition coefficient (Wildman–Crippen LogP) is 0.922. The van der Waals surface area contributed by atoms with E-state index in [2.05, 4.69) is 16.6 Å². The second-order valence-corrected chi connectivity index (χ2v) is 7.66. The molecule has 0 aromatic rings. The van der Waals surface area contributed by atoms with E-state index < -0.39 is 33.7 Å². The standard InChI is InChI=1S/C17H29NO8S.2Na/c1-2-3-4-5-6-7-8-9-10-15(19)18-11-12-26-16(20)13-14(17(21)22)27(23,24)25;;/h2,14H,1,3-13H2,(H,18,19)(H,21,22)(H,23,24,25);;. The van der Waals surface area contributed by atoms with Crippen molar-refractivity contribution in [1.29, 1.82) is 0 Å². The van der Waals surface area contributed by atoms with Gasteiger partial charge in [-0.2, -0.15) is 8.42 Å². The topological polar surface area (TPSA) is 147 Å². The van der Waals surface area contributed by atoms with Gasteiger partial charge in [0.25, 0.3) is 10.1 Å². The van der Waals surface area contributed by atoms with Gasteiger partial charge in [0.1, 0.15) is 6.61 Å². The van der Waals surface area contributed by atoms with Crippen LogP contribution in [0.1, 0.15) is 57.8 Å². The monoisotopic (exact) mass is 453 g/mol. The molecule has 3 N–H and O–H groups in total. The summed E-state index contributed by atoms with van der Waals surface area (Å²) >= 11 is 0. The van der Waals surface area contributed by atoms with Crippen molar-refractivity contribution >= 4 is 87.1 Å². The number of amides is 1. The number of nitrogens with one attached hydrogen (secondary N) is 1. The van der Waals surface area contributed by atoms with Crippen LogP contribution in [0.5, 0.6) is 0 Å². The molecule has 0 rings (SSSR count). The minimum Gasteiger partial charge on any atom is -0.480 e. The first-order valence-electron chi connectivity index (χ1n) is 8.90. The summed E-state index contributed by atoms with van der Waals surface area (Å²) in [4.78, 5) is 33.7. The zero-order chi connectivity index (χ0) is 20.7. The van der Waals surface area contributed by atoms with E-state index in [1.54, 1.807) is 0 Å². The fourth-order valence-electron chi connectivity index (χ4n) is 2.26. The van der Waals surface area contributed by atoms with Gasteiger partial charge in [0.15, 0.2) is 5.25 Å². The van der Waals surface area contributed by atoms with Crippen molar-refractivity contribution in [3.63, 3.8) is 0 Å². The van der Waals surface area contributed by atoms with Gasteiger partial charge in [-0.3, -0.25) is 18.9 Å². The Hall–Kier alpha value is 0.0600. The molecule has 0 aliphatic heterocycles. The van der Waals surface area contributed by atoms with E-state index >= 15 is 0 Å². The molecular weight excluding hydrogens is 424 g/mol. The summed E-state index contributed by atoms with van der Waals surface area (Å²) in [6.45, 7) is 3.49. The van der Waals surface area contributed by atoms with Crippen LogP contribution >= 0.6 is 0 Å². The van der Waals surface area contributed by atoms with Gasteiger partial charge in [0.2, 0.25) is 5.91 Å². The molecule has 0 spiro atoms. The zero-order valence-corrected chi connectivity index (χ0v) is 22.2. The number of aliphatic carboxylic acids is 1. The van der Waals surface area contributed by atoms with Crippen LogP contribution < -0.4 is 5.32 Å². The minimum absolute atomic E-state index is 0. The maximum absolute atomic E-state index is 11.6. The third kappa shape index (κ3) is 19.8. The second kappa shape index (κ2) is 20.0. The van der Waals surface area contributed by atoms with Crippen LogP contribution in [0.25, 0.3) is 0 Å². The number of esters is 1. The summed E-state index contributed by atoms with van der Waals surface area (Å²) in [6, 6.07) is 0. The molecule has 1 amide bonds. The summed E-state index contributed by atoms with van der Waals surface area (Å²) in [6.07, 6.45) is 8.51. The number of carboxylic acid groups (broad SMARTS) is 1. The SMILES string of the molecule is C=CCCCCCCCCC(=O)NCCOC(=O)CC(C(=O)O)S(=O)(=O)O.[Na].[Na]. The van der Waals surface area contributed by atoms with E-state index in [4.69, 9.17) is 9.66 Å². The van der Waals surface area contributed by atoms with Crippen molar-refractivity contribution in [2.45, 2.75) is 63.0 Å². The molecule has 12 heteroatoms. The number of carbonyl (C=O) groups is 3. The quantitative estimate of drug-likeness (QED) is 0.103. The molecule has 158 valence electrons. The first kappa shape index (κ1) is 33.7. The molecule has 0 saturated carbocycles. The molecule has 2 radical (unpaired) electrons. The predicted molar refractivity (Wildman–Crippen MR) is 110 cm³/mol. The van der Waals surface area contributed by atoms with Crippen LogP contribution in [0.2, 0.25) is 0 Å². The fraction of sp³-hybridized carbons (Fsp3) is 0.706. The van der Waals surface area contributed by atoms with Crippen LogP contribution in [0.4, 0.5) is 0 Å². The van der Waals surface area contributed by atoms with Crippen molar-refractivity contribution in [2.24, 2.45) is 0 Å². The van der Waals surface area contributed by atoms with Gasteiger partial charge in [-0.05, 0) is 19.3 Å². The molecule has 0 aliphatic rings. The minimum atomic E-state index is -4.90. The third-order valence-electron chi connectivity index (χ3n) is 3.74. The average molecular weight is 453 g/mol. The smallest absolute Gasteiger partial charge is 0.325 e. The molecule has 0 aromatic carbocycles. The van der Waals surface area contributed by atoms with E-state index in [-0.39, 0.29) is 78.2 Å². The molecule has 1 atom stereocenters. The Morgan fingerprint density at radius 3 is 2.10 bits per heavy atom. The van der Waals surface area contributed by atoms with E-state index in [0.717, 1.165) is 44.9 Å². The molecule has 0 saturated heterocycles. The van der Waals surface area contributed by atoms with E-state index in [1.807, 2.05) is 6.08 Å². The maximum Gasteiger partial charge on any atom is 0.325 e. The summed E-state index contributed by atoms with van der Waals surface area (Å²) in [7, 11) is -4.90. The first-order valence-corrected chi connectivity index (χ1v) is 10.4. The molecule has 0 aromatic heterocycles. The third-order valence-corrected chi connectivity index (χ3v) is 4.82. The van der Waals surface area contributed by atoms with Gasteiger partial charge in [-0.25, -0.2) is 0 Å². The molecular formula is C17H29NNa2O8S. The largest absolute Gasteiger partial charge is 0.480 e. The van der Waals surface area contributed by atoms with E-state index in [9.17, 15) is 22.8 Å². The number of ether oxygens (including phenoxy) is 1. The Morgan fingerprint density at radius 2 is 1.59 bits per heavy atom. The van der Waals surface area contributed by atoms with Crippen LogP contribution in [0.15, 0.2) is 12.7 Å². The first-order chi connectivity index (χ1) is 12.7. The van der Waals surface area contributed by atoms with E-state index in [0.29, 0.717) is 6.42 Å². The maximum atomic E-state index is 11.6. The molecule has 0 heterocycles. The van der Waals surface area contributed by atoms with Crippen molar-refractivity contribution in [3.05, 3.63) is 12.7 Å². The fourth-order valence-corrected chi connectivity index (χ4v) is 2.86. The molecule has 0 bridgehead atoms. The zero-order valence-electron chi connectivity index (χ0n) is 17.4. The van der Waals surface area contributed by atoms with Crippen molar-refractivity contribution in [3.8, 4) is 0 Å². The second-order valence-electron chi connectivity index (χ2n) is 6.07. The number of hydrogen-bond donors (Lipinski definition) is 3. The number of carbonyl (C=O) groups excluding carboxylic acids is 2. The van der Waals surface area contributed by atoms with Crippen LogP contribution in [0, 0.1) is 0 Å². The number of unbranched alkanes of at least 4 members (excludes halogenated alkanes) is 6. The van der Waals surface area contributed by atoms with Gasteiger partial charge < -0.3 is 15.2 Å². The Morgan fingerprint density at radius 1 is 1.03 bits per heavy atom. The molecule has 1 unspecified atom stereocenters. The van der Waals surface area contributed by atoms with Crippen LogP contribution in [0.3, 0.4) is 0 Å². The summed E-state index contributed by atoms with van der Waals surface area (Å²) < 4.78 is 35.1. The van der Waals surface area contributed by atoms with Crippen molar-refractivity contribution in [2.75, 3.05) is 13.2 Å². The summed E-state index contributed by atoms with van der Waals surface area (Å²) in [5, 5.41) is 8.95. The Labute approximate surface area is 216 Å². The van der Waals surface area contributed by atoms with Gasteiger partial charge in [-0.15, -0.1) is 6.58 Å². The Kier molecular flexibility index (Phi) is 23.2. The number of hydrogen-bond acceptors (Lipinski definition) is 6. The molecule has 0 fully saturated rings. The number of carboxylic acids is 1. The van der Waals surface area contributed by atoms with Crippen molar-refractivity contribution in [1.82, 2.24) is 5.32 Å².